The summed E-state index contributed by atoms with van der Waals surface area (Å²) in [7, 11) is 1.74. The molecule has 0 spiro atoms. The number of hydrogen-bond acceptors (Lipinski definition) is 2. The molecule has 0 amide bonds. The summed E-state index contributed by atoms with van der Waals surface area (Å²) < 4.78 is 5.46. The minimum Gasteiger partial charge on any atom is -0.496 e. The molecule has 1 aromatic rings. The van der Waals surface area contributed by atoms with Gasteiger partial charge in [0.05, 0.1) is 13.2 Å². The number of anilines is 1. The molecular weight excluding hydrogens is 210 g/mol. The highest BCUT2D eigenvalue weighted by Crippen LogP contribution is 2.44. The topological polar surface area (TPSA) is 21.3 Å². The molecular formula is C15H17NO. The third-order valence-corrected chi connectivity index (χ3v) is 3.91. The predicted molar refractivity (Wildman–Crippen MR) is 70.9 cm³/mol. The van der Waals surface area contributed by atoms with Crippen molar-refractivity contribution < 1.29 is 4.74 Å². The van der Waals surface area contributed by atoms with Crippen molar-refractivity contribution in [3.63, 3.8) is 0 Å². The first-order valence-corrected chi connectivity index (χ1v) is 6.02. The van der Waals surface area contributed by atoms with Crippen molar-refractivity contribution in [2.24, 2.45) is 0 Å². The van der Waals surface area contributed by atoms with Gasteiger partial charge in [-0.2, -0.15) is 0 Å². The fraction of sp³-hybridized carbons (Fsp3) is 0.333. The first kappa shape index (κ1) is 10.5. The predicted octanol–water partition coefficient (Wildman–Crippen LogP) is 3.32. The SMILES string of the molecule is COc1cc2c(c(C)c1C)N[C@@H]1C=CC=C[C@H]21. The molecule has 1 aliphatic heterocycles. The average Bonchev–Trinajstić information content (AvgIpc) is 2.72. The van der Waals surface area contributed by atoms with Gasteiger partial charge >= 0.3 is 0 Å². The maximum atomic E-state index is 5.46. The summed E-state index contributed by atoms with van der Waals surface area (Å²) in [6.45, 7) is 4.28. The Morgan fingerprint density at radius 2 is 1.88 bits per heavy atom. The van der Waals surface area contributed by atoms with Crippen LogP contribution in [-0.2, 0) is 0 Å². The van der Waals surface area contributed by atoms with E-state index >= 15 is 0 Å². The van der Waals surface area contributed by atoms with Crippen LogP contribution in [0.15, 0.2) is 30.4 Å². The van der Waals surface area contributed by atoms with Gasteiger partial charge in [-0.1, -0.05) is 24.3 Å². The summed E-state index contributed by atoms with van der Waals surface area (Å²) >= 11 is 0. The highest BCUT2D eigenvalue weighted by atomic mass is 16.5. The monoisotopic (exact) mass is 227 g/mol. The molecule has 2 heteroatoms. The van der Waals surface area contributed by atoms with Gasteiger partial charge in [0.15, 0.2) is 0 Å². The molecule has 3 rings (SSSR count). The molecule has 2 nitrogen and oxygen atoms in total. The Morgan fingerprint density at radius 3 is 2.65 bits per heavy atom. The third-order valence-electron chi connectivity index (χ3n) is 3.91. The molecule has 0 fully saturated rings. The second-order valence-corrected chi connectivity index (χ2v) is 4.76. The minimum atomic E-state index is 0.403. The molecule has 0 bridgehead atoms. The summed E-state index contributed by atoms with van der Waals surface area (Å²) in [6.07, 6.45) is 8.72. The lowest BCUT2D eigenvalue weighted by atomic mass is 9.90. The number of allylic oxidation sites excluding steroid dienone is 2. The number of hydrogen-bond donors (Lipinski definition) is 1. The maximum Gasteiger partial charge on any atom is 0.122 e. The van der Waals surface area contributed by atoms with E-state index in [-0.39, 0.29) is 0 Å². The van der Waals surface area contributed by atoms with Crippen molar-refractivity contribution in [2.75, 3.05) is 12.4 Å². The lowest BCUT2D eigenvalue weighted by molar-refractivity contribution is 0.411. The number of fused-ring (bicyclic) bond motifs is 3. The van der Waals surface area contributed by atoms with Gasteiger partial charge < -0.3 is 10.1 Å². The molecule has 1 aliphatic carbocycles. The van der Waals surface area contributed by atoms with Gasteiger partial charge in [0.2, 0.25) is 0 Å². The van der Waals surface area contributed by atoms with Crippen LogP contribution in [0.5, 0.6) is 5.75 Å². The molecule has 0 saturated heterocycles. The van der Waals surface area contributed by atoms with E-state index in [1.807, 2.05) is 0 Å². The summed E-state index contributed by atoms with van der Waals surface area (Å²) in [6, 6.07) is 2.58. The van der Waals surface area contributed by atoms with Crippen LogP contribution in [0.4, 0.5) is 5.69 Å². The minimum absolute atomic E-state index is 0.403. The number of methoxy groups -OCH3 is 1. The zero-order valence-corrected chi connectivity index (χ0v) is 10.4. The van der Waals surface area contributed by atoms with Gasteiger partial charge in [-0.3, -0.25) is 0 Å². The highest BCUT2D eigenvalue weighted by Gasteiger charge is 2.32. The molecule has 17 heavy (non-hydrogen) atoms. The Hall–Kier alpha value is -1.70. The van der Waals surface area contributed by atoms with Crippen molar-refractivity contribution in [1.82, 2.24) is 0 Å². The van der Waals surface area contributed by atoms with E-state index in [2.05, 4.69) is 49.5 Å². The summed E-state index contributed by atoms with van der Waals surface area (Å²) in [4.78, 5) is 0. The second-order valence-electron chi connectivity index (χ2n) is 4.76. The molecule has 0 saturated carbocycles. The standard InChI is InChI=1S/C15H17NO/c1-9-10(2)15-12(8-14(9)17-3)11-6-4-5-7-13(11)16-15/h4-8,11,13,16H,1-3H3/t11-,13-/m1/s1. The number of nitrogens with one attached hydrogen (secondary N) is 1. The lowest BCUT2D eigenvalue weighted by Crippen LogP contribution is -2.17. The van der Waals surface area contributed by atoms with Crippen molar-refractivity contribution in [1.29, 1.82) is 0 Å². The lowest BCUT2D eigenvalue weighted by Gasteiger charge is -2.15. The maximum absolute atomic E-state index is 5.46. The normalized spacial score (nSPS) is 24.2. The van der Waals surface area contributed by atoms with E-state index in [9.17, 15) is 0 Å². The molecule has 88 valence electrons. The van der Waals surface area contributed by atoms with E-state index in [0.29, 0.717) is 12.0 Å². The number of ether oxygens (including phenoxy) is 1. The Kier molecular flexibility index (Phi) is 2.25. The molecule has 2 atom stereocenters. The van der Waals surface area contributed by atoms with E-state index in [1.165, 1.54) is 22.4 Å². The fourth-order valence-electron chi connectivity index (χ4n) is 2.79. The average molecular weight is 227 g/mol. The molecule has 0 aromatic heterocycles. The molecule has 2 aliphatic rings. The van der Waals surface area contributed by atoms with Crippen molar-refractivity contribution in [2.45, 2.75) is 25.8 Å². The third kappa shape index (κ3) is 1.40. The number of benzene rings is 1. The van der Waals surface area contributed by atoms with Crippen LogP contribution >= 0.6 is 0 Å². The molecule has 1 heterocycles. The Balaban J connectivity index is 2.18. The van der Waals surface area contributed by atoms with Crippen LogP contribution in [0.25, 0.3) is 0 Å². The number of rotatable bonds is 1. The van der Waals surface area contributed by atoms with Gasteiger partial charge in [-0.15, -0.1) is 0 Å². The summed E-state index contributed by atoms with van der Waals surface area (Å²) in [5, 5.41) is 3.60. The zero-order chi connectivity index (χ0) is 12.0. The van der Waals surface area contributed by atoms with E-state index in [1.54, 1.807) is 7.11 Å². The highest BCUT2D eigenvalue weighted by molar-refractivity contribution is 5.71. The quantitative estimate of drug-likeness (QED) is 0.794. The zero-order valence-electron chi connectivity index (χ0n) is 10.4. The van der Waals surface area contributed by atoms with Gasteiger partial charge in [-0.05, 0) is 36.6 Å². The van der Waals surface area contributed by atoms with Crippen molar-refractivity contribution in [3.05, 3.63) is 47.1 Å². The molecule has 1 aromatic carbocycles. The Bertz CT molecular complexity index is 528. The van der Waals surface area contributed by atoms with E-state index < -0.39 is 0 Å². The first-order chi connectivity index (χ1) is 8.22. The van der Waals surface area contributed by atoms with Crippen LogP contribution in [0.1, 0.15) is 22.6 Å². The Labute approximate surface area is 102 Å². The smallest absolute Gasteiger partial charge is 0.122 e. The van der Waals surface area contributed by atoms with Crippen molar-refractivity contribution in [3.8, 4) is 5.75 Å². The van der Waals surface area contributed by atoms with Crippen LogP contribution < -0.4 is 10.1 Å². The molecule has 0 unspecified atom stereocenters. The summed E-state index contributed by atoms with van der Waals surface area (Å²) in [5.41, 5.74) is 5.17. The van der Waals surface area contributed by atoms with E-state index in [0.717, 1.165) is 5.75 Å². The Morgan fingerprint density at radius 1 is 1.12 bits per heavy atom. The van der Waals surface area contributed by atoms with Gasteiger partial charge in [0.1, 0.15) is 5.75 Å². The van der Waals surface area contributed by atoms with Crippen molar-refractivity contribution >= 4 is 5.69 Å². The van der Waals surface area contributed by atoms with Crippen LogP contribution in [0.2, 0.25) is 0 Å². The first-order valence-electron chi connectivity index (χ1n) is 6.02. The van der Waals surface area contributed by atoms with Crippen LogP contribution in [-0.4, -0.2) is 13.2 Å². The molecule has 1 N–H and O–H groups in total. The van der Waals surface area contributed by atoms with Gasteiger partial charge in [-0.25, -0.2) is 0 Å². The fourth-order valence-corrected chi connectivity index (χ4v) is 2.79. The van der Waals surface area contributed by atoms with E-state index in [4.69, 9.17) is 4.74 Å². The van der Waals surface area contributed by atoms with Crippen LogP contribution in [0.3, 0.4) is 0 Å². The van der Waals surface area contributed by atoms with Crippen LogP contribution in [0, 0.1) is 13.8 Å². The largest absolute Gasteiger partial charge is 0.496 e. The van der Waals surface area contributed by atoms with Gasteiger partial charge in [0.25, 0.3) is 0 Å². The molecule has 0 radical (unpaired) electrons. The van der Waals surface area contributed by atoms with Gasteiger partial charge in [0, 0.05) is 11.6 Å². The summed E-state index contributed by atoms with van der Waals surface area (Å²) in [5.74, 6) is 1.44. The second kappa shape index (κ2) is 3.66.